The van der Waals surface area contributed by atoms with E-state index in [1.54, 1.807) is 0 Å². The highest BCUT2D eigenvalue weighted by atomic mass is 13.7. The van der Waals surface area contributed by atoms with E-state index in [2.05, 4.69) is 27.7 Å². The molecule has 0 aromatic heterocycles. The maximum Gasteiger partial charge on any atom is -0.0590 e. The fourth-order valence-electron chi connectivity index (χ4n) is 0.770. The van der Waals surface area contributed by atoms with Gasteiger partial charge in [0.05, 0.1) is 0 Å². The van der Waals surface area contributed by atoms with Crippen LogP contribution in [0.5, 0.6) is 0 Å². The Labute approximate surface area is 157 Å². The molecule has 0 saturated heterocycles. The molecule has 0 aliphatic rings. The Morgan fingerprint density at radius 3 is 0.417 bits per heavy atom. The normalized spacial score (nSPS) is 5.75. The van der Waals surface area contributed by atoms with Gasteiger partial charge in [0.25, 0.3) is 0 Å². The molecule has 24 heavy (non-hydrogen) atoms. The van der Waals surface area contributed by atoms with Gasteiger partial charge < -0.3 is 0 Å². The van der Waals surface area contributed by atoms with Crippen molar-refractivity contribution in [1.29, 1.82) is 0 Å². The molecule has 2 rings (SSSR count). The third-order valence-corrected chi connectivity index (χ3v) is 1.33. The Morgan fingerprint density at radius 1 is 0.333 bits per heavy atom. The third-order valence-electron chi connectivity index (χ3n) is 1.33. The van der Waals surface area contributed by atoms with Crippen molar-refractivity contribution in [2.75, 3.05) is 0 Å². The molecule has 0 aliphatic carbocycles. The molecule has 0 fully saturated rings. The molecule has 0 N–H and O–H groups in total. The van der Waals surface area contributed by atoms with Crippen molar-refractivity contribution in [3.05, 3.63) is 72.8 Å². The van der Waals surface area contributed by atoms with E-state index in [1.807, 2.05) is 86.6 Å². The summed E-state index contributed by atoms with van der Waals surface area (Å²) in [6.45, 7) is 12.5. The molecule has 0 heterocycles. The van der Waals surface area contributed by atoms with Gasteiger partial charge in [-0.05, 0) is 0 Å². The summed E-state index contributed by atoms with van der Waals surface area (Å²) in [7, 11) is 0. The molecule has 146 valence electrons. The molecule has 0 radical (unpaired) electrons. The largest absolute Gasteiger partial charge is 0.0776 e. The molecule has 0 unspecified atom stereocenters. The summed E-state index contributed by atoms with van der Waals surface area (Å²) in [5, 5.41) is 0. The molecule has 0 nitrogen and oxygen atoms in total. The molecule has 0 atom stereocenters. The minimum absolute atomic E-state index is 0. The molecular formula is C24H50. The second-order valence-electron chi connectivity index (χ2n) is 3.72. The lowest BCUT2D eigenvalue weighted by Crippen LogP contribution is -1.47. The minimum Gasteiger partial charge on any atom is -0.0776 e. The van der Waals surface area contributed by atoms with Gasteiger partial charge in [-0.3, -0.25) is 0 Å². The summed E-state index contributed by atoms with van der Waals surface area (Å²) >= 11 is 0. The van der Waals surface area contributed by atoms with Crippen molar-refractivity contribution in [1.82, 2.24) is 0 Å². The van der Waals surface area contributed by atoms with E-state index in [4.69, 9.17) is 0 Å². The highest BCUT2D eigenvalue weighted by Crippen LogP contribution is 1.80. The summed E-state index contributed by atoms with van der Waals surface area (Å²) in [6, 6.07) is 24.0. The Hall–Kier alpha value is -1.56. The zero-order chi connectivity index (χ0) is 15.9. The Morgan fingerprint density at radius 2 is 0.375 bits per heavy atom. The van der Waals surface area contributed by atoms with Gasteiger partial charge >= 0.3 is 0 Å². The zero-order valence-corrected chi connectivity index (χ0v) is 14.3. The number of rotatable bonds is 0. The summed E-state index contributed by atoms with van der Waals surface area (Å²) in [5.74, 6) is 0. The van der Waals surface area contributed by atoms with E-state index in [0.29, 0.717) is 0 Å². The van der Waals surface area contributed by atoms with Crippen LogP contribution in [0.25, 0.3) is 0 Å². The van der Waals surface area contributed by atoms with Crippen LogP contribution in [-0.4, -0.2) is 0 Å². The Kier molecular flexibility index (Phi) is 104. The quantitative estimate of drug-likeness (QED) is 0.448. The average molecular weight is 339 g/mol. The van der Waals surface area contributed by atoms with Crippen LogP contribution in [0.15, 0.2) is 72.8 Å². The van der Waals surface area contributed by atoms with Crippen LogP contribution in [0.1, 0.15) is 84.1 Å². The molecular weight excluding hydrogens is 288 g/mol. The van der Waals surface area contributed by atoms with Gasteiger partial charge in [-0.1, -0.05) is 157 Å². The first kappa shape index (κ1) is 43.3. The summed E-state index contributed by atoms with van der Waals surface area (Å²) in [4.78, 5) is 0. The summed E-state index contributed by atoms with van der Waals surface area (Å²) in [5.41, 5.74) is 0. The first-order valence-electron chi connectivity index (χ1n) is 7.83. The second kappa shape index (κ2) is 57.9. The third kappa shape index (κ3) is 70.9. The van der Waals surface area contributed by atoms with Crippen LogP contribution >= 0.6 is 0 Å². The predicted molar refractivity (Wildman–Crippen MR) is 123 cm³/mol. The Balaban J connectivity index is -0.0000000307. The highest BCUT2D eigenvalue weighted by Gasteiger charge is 1.58. The molecule has 0 amide bonds. The SMILES string of the molecule is C.C.C.C.CC.CCC.CCC.c1ccccc1.c1ccccc1. The van der Waals surface area contributed by atoms with Crippen LogP contribution < -0.4 is 0 Å². The Bertz CT molecular complexity index is 199. The molecule has 2 aromatic rings. The van der Waals surface area contributed by atoms with Crippen molar-refractivity contribution in [3.63, 3.8) is 0 Å². The van der Waals surface area contributed by atoms with E-state index in [1.165, 1.54) is 12.8 Å². The van der Waals surface area contributed by atoms with Gasteiger partial charge in [0, 0.05) is 0 Å². The first-order chi connectivity index (χ1) is 9.83. The first-order valence-corrected chi connectivity index (χ1v) is 7.83. The lowest BCUT2D eigenvalue weighted by Gasteiger charge is -1.69. The van der Waals surface area contributed by atoms with Crippen molar-refractivity contribution in [2.24, 2.45) is 0 Å². The minimum atomic E-state index is 0. The van der Waals surface area contributed by atoms with Crippen LogP contribution in [0.3, 0.4) is 0 Å². The maximum atomic E-state index is 2.12. The average Bonchev–Trinajstić information content (AvgIpc) is 2.55. The lowest BCUT2D eigenvalue weighted by molar-refractivity contribution is 1.09. The van der Waals surface area contributed by atoms with Crippen LogP contribution in [0.2, 0.25) is 0 Å². The van der Waals surface area contributed by atoms with E-state index < -0.39 is 0 Å². The topological polar surface area (TPSA) is 0 Å². The van der Waals surface area contributed by atoms with Gasteiger partial charge in [-0.25, -0.2) is 0 Å². The molecule has 2 aromatic carbocycles. The standard InChI is InChI=1S/2C6H6.2C3H8.C2H6.4CH4/c2*1-2-4-6-5-3-1;2*1-3-2;1-2;;;;/h2*1-6H;2*3H2,1-2H3;1-2H3;4*1H4. The van der Waals surface area contributed by atoms with Gasteiger partial charge in [0.1, 0.15) is 0 Å². The van der Waals surface area contributed by atoms with Crippen LogP contribution in [-0.2, 0) is 0 Å². The van der Waals surface area contributed by atoms with Gasteiger partial charge in [0.2, 0.25) is 0 Å². The molecule has 0 aliphatic heterocycles. The monoisotopic (exact) mass is 338 g/mol. The molecule has 0 heteroatoms. The van der Waals surface area contributed by atoms with Crippen molar-refractivity contribution < 1.29 is 0 Å². The van der Waals surface area contributed by atoms with E-state index >= 15 is 0 Å². The summed E-state index contributed by atoms with van der Waals surface area (Å²) in [6.07, 6.45) is 2.50. The lowest BCUT2D eigenvalue weighted by atomic mass is 10.4. The van der Waals surface area contributed by atoms with Gasteiger partial charge in [-0.2, -0.15) is 0 Å². The van der Waals surface area contributed by atoms with Gasteiger partial charge in [-0.15, -0.1) is 0 Å². The van der Waals surface area contributed by atoms with E-state index in [0.717, 1.165) is 0 Å². The smallest absolute Gasteiger partial charge is 0.0590 e. The zero-order valence-electron chi connectivity index (χ0n) is 14.3. The van der Waals surface area contributed by atoms with E-state index in [9.17, 15) is 0 Å². The maximum absolute atomic E-state index is 2.12. The van der Waals surface area contributed by atoms with Crippen molar-refractivity contribution >= 4 is 0 Å². The number of hydrogen-bond donors (Lipinski definition) is 0. The fraction of sp³-hybridized carbons (Fsp3) is 0.500. The van der Waals surface area contributed by atoms with E-state index in [-0.39, 0.29) is 29.7 Å². The van der Waals surface area contributed by atoms with Crippen molar-refractivity contribution in [3.8, 4) is 0 Å². The van der Waals surface area contributed by atoms with Crippen molar-refractivity contribution in [2.45, 2.75) is 84.1 Å². The number of hydrogen-bond acceptors (Lipinski definition) is 0. The second-order valence-corrected chi connectivity index (χ2v) is 3.72. The fourth-order valence-corrected chi connectivity index (χ4v) is 0.770. The predicted octanol–water partition coefficient (Wildman–Crippen LogP) is 9.78. The summed E-state index contributed by atoms with van der Waals surface area (Å²) < 4.78 is 0. The highest BCUT2D eigenvalue weighted by molar-refractivity contribution is 4.99. The molecule has 0 bridgehead atoms. The number of benzene rings is 2. The van der Waals surface area contributed by atoms with Gasteiger partial charge in [0.15, 0.2) is 0 Å². The van der Waals surface area contributed by atoms with Crippen LogP contribution in [0.4, 0.5) is 0 Å². The molecule has 0 spiro atoms. The van der Waals surface area contributed by atoms with Crippen LogP contribution in [0, 0.1) is 0 Å². The molecule has 0 saturated carbocycles.